The number of phenols is 1. The van der Waals surface area contributed by atoms with Gasteiger partial charge in [0.15, 0.2) is 5.78 Å². The van der Waals surface area contributed by atoms with E-state index >= 15 is 0 Å². The van der Waals surface area contributed by atoms with Gasteiger partial charge in [-0.2, -0.15) is 0 Å². The first-order valence-electron chi connectivity index (χ1n) is 7.87. The molecule has 134 valence electrons. The van der Waals surface area contributed by atoms with Gasteiger partial charge in [-0.05, 0) is 17.7 Å². The van der Waals surface area contributed by atoms with Crippen molar-refractivity contribution in [1.82, 2.24) is 0 Å². The average Bonchev–Trinajstić information content (AvgIpc) is 2.53. The molecule has 7 heteroatoms. The molecular weight excluding hydrogens is 340 g/mol. The highest BCUT2D eigenvalue weighted by Crippen LogP contribution is 2.42. The number of hydrogen-bond donors (Lipinski definition) is 1. The summed E-state index contributed by atoms with van der Waals surface area (Å²) in [5.41, 5.74) is 0.769. The van der Waals surface area contributed by atoms with Crippen LogP contribution in [0.4, 0.5) is 0 Å². The fourth-order valence-electron chi connectivity index (χ4n) is 2.74. The van der Waals surface area contributed by atoms with Crippen molar-refractivity contribution in [2.45, 2.75) is 26.4 Å². The zero-order chi connectivity index (χ0) is 18.8. The van der Waals surface area contributed by atoms with E-state index in [0.717, 1.165) is 0 Å². The van der Waals surface area contributed by atoms with Crippen LogP contribution in [0.5, 0.6) is 23.0 Å². The topological polar surface area (TPSA) is 99.1 Å². The summed E-state index contributed by atoms with van der Waals surface area (Å²) in [6.07, 6.45) is -0.534. The van der Waals surface area contributed by atoms with E-state index in [1.165, 1.54) is 26.0 Å². The minimum Gasteiger partial charge on any atom is -0.507 e. The van der Waals surface area contributed by atoms with Gasteiger partial charge in [0.25, 0.3) is 0 Å². The van der Waals surface area contributed by atoms with E-state index in [1.807, 2.05) is 0 Å². The van der Waals surface area contributed by atoms with Gasteiger partial charge >= 0.3 is 11.9 Å². The van der Waals surface area contributed by atoms with Crippen LogP contribution in [-0.2, 0) is 9.59 Å². The molecule has 3 rings (SSSR count). The van der Waals surface area contributed by atoms with E-state index in [9.17, 15) is 19.5 Å². The summed E-state index contributed by atoms with van der Waals surface area (Å²) < 4.78 is 15.8. The van der Waals surface area contributed by atoms with Crippen molar-refractivity contribution in [3.63, 3.8) is 0 Å². The summed E-state index contributed by atoms with van der Waals surface area (Å²) in [7, 11) is 0. The second kappa shape index (κ2) is 6.87. The summed E-state index contributed by atoms with van der Waals surface area (Å²) >= 11 is 0. The molecule has 0 saturated heterocycles. The number of carbonyl (C=O) groups is 3. The van der Waals surface area contributed by atoms with Gasteiger partial charge in [-0.1, -0.05) is 12.1 Å². The van der Waals surface area contributed by atoms with Crippen LogP contribution in [0.15, 0.2) is 36.4 Å². The highest BCUT2D eigenvalue weighted by Gasteiger charge is 2.31. The monoisotopic (exact) mass is 356 g/mol. The Hall–Kier alpha value is -3.35. The van der Waals surface area contributed by atoms with E-state index < -0.39 is 18.0 Å². The summed E-state index contributed by atoms with van der Waals surface area (Å²) in [5.74, 6) is -0.939. The molecule has 0 saturated carbocycles. The molecular formula is C19H16O7. The molecule has 1 N–H and O–H groups in total. The minimum absolute atomic E-state index is 0.0420. The number of fused-ring (bicyclic) bond motifs is 1. The molecule has 2 aromatic carbocycles. The first kappa shape index (κ1) is 17.5. The highest BCUT2D eigenvalue weighted by atomic mass is 16.5. The second-order valence-electron chi connectivity index (χ2n) is 5.81. The zero-order valence-corrected chi connectivity index (χ0v) is 14.1. The molecule has 0 radical (unpaired) electrons. The van der Waals surface area contributed by atoms with Crippen LogP contribution in [0.1, 0.15) is 42.3 Å². The van der Waals surface area contributed by atoms with Crippen molar-refractivity contribution < 1.29 is 33.7 Å². The van der Waals surface area contributed by atoms with E-state index in [2.05, 4.69) is 0 Å². The SMILES string of the molecule is CC(=O)Oc1ccc([C@H]2CC(=O)c3c(O)cc(OC(C)=O)cc3O2)cc1. The molecule has 0 bridgehead atoms. The van der Waals surface area contributed by atoms with E-state index in [1.54, 1.807) is 24.3 Å². The molecule has 0 aliphatic carbocycles. The fourth-order valence-corrected chi connectivity index (χ4v) is 2.74. The third kappa shape index (κ3) is 3.66. The Balaban J connectivity index is 1.88. The lowest BCUT2D eigenvalue weighted by Crippen LogP contribution is -2.20. The Bertz CT molecular complexity index is 884. The van der Waals surface area contributed by atoms with Crippen LogP contribution in [0.25, 0.3) is 0 Å². The summed E-state index contributed by atoms with van der Waals surface area (Å²) in [6, 6.07) is 9.19. The molecule has 0 amide bonds. The van der Waals surface area contributed by atoms with Crippen LogP contribution < -0.4 is 14.2 Å². The van der Waals surface area contributed by atoms with Gasteiger partial charge in [-0.25, -0.2) is 0 Å². The predicted molar refractivity (Wildman–Crippen MR) is 89.5 cm³/mol. The number of carbonyl (C=O) groups excluding carboxylic acids is 3. The van der Waals surface area contributed by atoms with Gasteiger partial charge in [0.2, 0.25) is 0 Å². The van der Waals surface area contributed by atoms with Crippen LogP contribution in [0.2, 0.25) is 0 Å². The van der Waals surface area contributed by atoms with Crippen molar-refractivity contribution in [3.8, 4) is 23.0 Å². The summed E-state index contributed by atoms with van der Waals surface area (Å²) in [6.45, 7) is 2.54. The Morgan fingerprint density at radius 2 is 1.65 bits per heavy atom. The lowest BCUT2D eigenvalue weighted by Gasteiger charge is -2.26. The smallest absolute Gasteiger partial charge is 0.308 e. The second-order valence-corrected chi connectivity index (χ2v) is 5.81. The third-order valence-corrected chi connectivity index (χ3v) is 3.75. The molecule has 1 atom stereocenters. The van der Waals surface area contributed by atoms with E-state index in [4.69, 9.17) is 14.2 Å². The first-order valence-corrected chi connectivity index (χ1v) is 7.87. The van der Waals surface area contributed by atoms with Gasteiger partial charge in [-0.3, -0.25) is 14.4 Å². The van der Waals surface area contributed by atoms with E-state index in [0.29, 0.717) is 11.3 Å². The normalized spacial score (nSPS) is 15.6. The molecule has 7 nitrogen and oxygen atoms in total. The predicted octanol–water partition coefficient (Wildman–Crippen LogP) is 2.95. The Morgan fingerprint density at radius 1 is 1.04 bits per heavy atom. The van der Waals surface area contributed by atoms with Crippen molar-refractivity contribution >= 4 is 17.7 Å². The maximum atomic E-state index is 12.4. The van der Waals surface area contributed by atoms with Crippen molar-refractivity contribution in [1.29, 1.82) is 0 Å². The number of phenolic OH excluding ortho intramolecular Hbond substituents is 1. The lowest BCUT2D eigenvalue weighted by molar-refractivity contribution is -0.132. The zero-order valence-electron chi connectivity index (χ0n) is 14.1. The molecule has 0 aromatic heterocycles. The fraction of sp³-hybridized carbons (Fsp3) is 0.211. The highest BCUT2D eigenvalue weighted by molar-refractivity contribution is 6.02. The number of esters is 2. The Morgan fingerprint density at radius 3 is 2.27 bits per heavy atom. The Kier molecular flexibility index (Phi) is 4.62. The largest absolute Gasteiger partial charge is 0.507 e. The van der Waals surface area contributed by atoms with Crippen LogP contribution >= 0.6 is 0 Å². The molecule has 1 aliphatic heterocycles. The molecule has 1 aliphatic rings. The first-order chi connectivity index (χ1) is 12.3. The van der Waals surface area contributed by atoms with Gasteiger partial charge in [0.05, 0.1) is 6.42 Å². The number of ether oxygens (including phenoxy) is 3. The molecule has 2 aromatic rings. The maximum Gasteiger partial charge on any atom is 0.308 e. The molecule has 0 spiro atoms. The molecule has 1 heterocycles. The van der Waals surface area contributed by atoms with E-state index in [-0.39, 0.29) is 35.0 Å². The van der Waals surface area contributed by atoms with Gasteiger partial charge in [0, 0.05) is 26.0 Å². The number of benzene rings is 2. The number of hydrogen-bond acceptors (Lipinski definition) is 7. The van der Waals surface area contributed by atoms with Gasteiger partial charge in [-0.15, -0.1) is 0 Å². The van der Waals surface area contributed by atoms with Crippen LogP contribution in [-0.4, -0.2) is 22.8 Å². The van der Waals surface area contributed by atoms with Crippen LogP contribution in [0, 0.1) is 0 Å². The summed E-state index contributed by atoms with van der Waals surface area (Å²) in [5, 5.41) is 10.1. The molecule has 26 heavy (non-hydrogen) atoms. The lowest BCUT2D eigenvalue weighted by atomic mass is 9.95. The molecule has 0 fully saturated rings. The van der Waals surface area contributed by atoms with Crippen molar-refractivity contribution in [2.75, 3.05) is 0 Å². The Labute approximate surface area is 149 Å². The van der Waals surface area contributed by atoms with Crippen LogP contribution in [0.3, 0.4) is 0 Å². The van der Waals surface area contributed by atoms with Crippen molar-refractivity contribution in [3.05, 3.63) is 47.5 Å². The summed E-state index contributed by atoms with van der Waals surface area (Å²) in [4.78, 5) is 34.5. The number of rotatable bonds is 3. The standard InChI is InChI=1S/C19H16O7/c1-10(20)24-13-5-3-12(4-6-13)17-9-16(23)19-15(22)7-14(25-11(2)21)8-18(19)26-17/h3-8,17,22H,9H2,1-2H3/t17-/m1/s1. The van der Waals surface area contributed by atoms with Crippen molar-refractivity contribution in [2.24, 2.45) is 0 Å². The van der Waals surface area contributed by atoms with Gasteiger partial charge in [0.1, 0.15) is 34.7 Å². The minimum atomic E-state index is -0.576. The quantitative estimate of drug-likeness (QED) is 0.667. The van der Waals surface area contributed by atoms with Gasteiger partial charge < -0.3 is 19.3 Å². The third-order valence-electron chi connectivity index (χ3n) is 3.75. The number of Topliss-reactive ketones (excluding diaryl/α,β-unsaturated/α-hetero) is 1. The number of ketones is 1. The molecule has 0 unspecified atom stereocenters. The maximum absolute atomic E-state index is 12.4. The average molecular weight is 356 g/mol. The number of aromatic hydroxyl groups is 1.